The Bertz CT molecular complexity index is 459. The first kappa shape index (κ1) is 15.1. The summed E-state index contributed by atoms with van der Waals surface area (Å²) in [5, 5.41) is 8.47. The van der Waals surface area contributed by atoms with Crippen LogP contribution in [0.25, 0.3) is 0 Å². The molecule has 0 aliphatic carbocycles. The number of ether oxygens (including phenoxy) is 1. The molecule has 0 aliphatic rings. The fraction of sp³-hybridized carbons (Fsp3) is 0.250. The number of carbonyl (C=O) groups excluding carboxylic acids is 2. The fourth-order valence-corrected chi connectivity index (χ4v) is 1.46. The Labute approximate surface area is 112 Å². The molecule has 0 saturated carbocycles. The van der Waals surface area contributed by atoms with Crippen LogP contribution in [0.15, 0.2) is 30.3 Å². The Morgan fingerprint density at radius 1 is 1.16 bits per heavy atom. The SMILES string of the molecule is O=C(O)CCC(=O)O[C@H](C(=O)OP)c1ccccc1. The van der Waals surface area contributed by atoms with Crippen LogP contribution in [0, 0.1) is 0 Å². The first-order valence-corrected chi connectivity index (χ1v) is 5.88. The number of hydrogen-bond donors (Lipinski definition) is 1. The largest absolute Gasteiger partial charge is 0.481 e. The summed E-state index contributed by atoms with van der Waals surface area (Å²) in [5.41, 5.74) is 0.457. The van der Waals surface area contributed by atoms with Gasteiger partial charge in [-0.25, -0.2) is 4.79 Å². The summed E-state index contributed by atoms with van der Waals surface area (Å²) in [6, 6.07) is 8.33. The summed E-state index contributed by atoms with van der Waals surface area (Å²) in [6.07, 6.45) is -1.85. The lowest BCUT2D eigenvalue weighted by atomic mass is 10.1. The highest BCUT2D eigenvalue weighted by molar-refractivity contribution is 7.10. The lowest BCUT2D eigenvalue weighted by molar-refractivity contribution is -0.163. The van der Waals surface area contributed by atoms with Gasteiger partial charge in [0.15, 0.2) is 0 Å². The summed E-state index contributed by atoms with van der Waals surface area (Å²) in [5.74, 6) is -2.63. The van der Waals surface area contributed by atoms with Gasteiger partial charge in [-0.1, -0.05) is 30.3 Å². The smallest absolute Gasteiger partial charge is 0.354 e. The van der Waals surface area contributed by atoms with Crippen molar-refractivity contribution in [1.29, 1.82) is 0 Å². The molecule has 0 saturated heterocycles. The molecule has 0 fully saturated rings. The highest BCUT2D eigenvalue weighted by Crippen LogP contribution is 2.20. The van der Waals surface area contributed by atoms with Gasteiger partial charge >= 0.3 is 17.9 Å². The van der Waals surface area contributed by atoms with Gasteiger partial charge in [-0.15, -0.1) is 0 Å². The van der Waals surface area contributed by atoms with Crippen LogP contribution < -0.4 is 0 Å². The maximum Gasteiger partial charge on any atom is 0.354 e. The molecule has 1 aromatic rings. The highest BCUT2D eigenvalue weighted by atomic mass is 31.0. The van der Waals surface area contributed by atoms with Crippen molar-refractivity contribution < 1.29 is 28.8 Å². The first-order chi connectivity index (χ1) is 9.04. The second-order valence-electron chi connectivity index (χ2n) is 3.61. The van der Waals surface area contributed by atoms with Crippen LogP contribution >= 0.6 is 9.47 Å². The molecule has 1 N–H and O–H groups in total. The number of carboxylic acid groups (broad SMARTS) is 1. The van der Waals surface area contributed by atoms with Crippen molar-refractivity contribution >= 4 is 27.4 Å². The second kappa shape index (κ2) is 7.48. The molecular weight excluding hydrogens is 271 g/mol. The Morgan fingerprint density at radius 2 is 1.79 bits per heavy atom. The first-order valence-electron chi connectivity index (χ1n) is 5.41. The van der Waals surface area contributed by atoms with E-state index in [-0.39, 0.29) is 12.8 Å². The number of hydrogen-bond acceptors (Lipinski definition) is 5. The molecule has 1 aromatic carbocycles. The molecule has 0 radical (unpaired) electrons. The van der Waals surface area contributed by atoms with Crippen LogP contribution in [0.2, 0.25) is 0 Å². The van der Waals surface area contributed by atoms with E-state index in [1.54, 1.807) is 39.8 Å². The topological polar surface area (TPSA) is 89.9 Å². The molecule has 19 heavy (non-hydrogen) atoms. The average Bonchev–Trinajstić information content (AvgIpc) is 2.42. The van der Waals surface area contributed by atoms with E-state index in [0.717, 1.165) is 0 Å². The third kappa shape index (κ3) is 5.06. The zero-order chi connectivity index (χ0) is 14.3. The van der Waals surface area contributed by atoms with Gasteiger partial charge in [0, 0.05) is 5.56 Å². The van der Waals surface area contributed by atoms with Crippen LogP contribution in [0.1, 0.15) is 24.5 Å². The van der Waals surface area contributed by atoms with E-state index in [9.17, 15) is 14.4 Å². The molecule has 2 atom stereocenters. The van der Waals surface area contributed by atoms with Crippen molar-refractivity contribution in [3.8, 4) is 0 Å². The minimum atomic E-state index is -1.19. The number of benzene rings is 1. The Balaban J connectivity index is 2.74. The summed E-state index contributed by atoms with van der Waals surface area (Å²) in [7, 11) is 1.78. The minimum Gasteiger partial charge on any atom is -0.481 e. The second-order valence-corrected chi connectivity index (χ2v) is 3.85. The summed E-state index contributed by atoms with van der Waals surface area (Å²) in [4.78, 5) is 33.3. The van der Waals surface area contributed by atoms with Gasteiger partial charge in [-0.05, 0) is 0 Å². The zero-order valence-corrected chi connectivity index (χ0v) is 11.1. The monoisotopic (exact) mass is 284 g/mol. The van der Waals surface area contributed by atoms with Crippen molar-refractivity contribution in [3.05, 3.63) is 35.9 Å². The van der Waals surface area contributed by atoms with Gasteiger partial charge < -0.3 is 14.4 Å². The Morgan fingerprint density at radius 3 is 2.32 bits per heavy atom. The van der Waals surface area contributed by atoms with E-state index in [1.165, 1.54) is 0 Å². The molecule has 1 rings (SSSR count). The fourth-order valence-electron chi connectivity index (χ4n) is 1.34. The van der Waals surface area contributed by atoms with E-state index >= 15 is 0 Å². The van der Waals surface area contributed by atoms with Crippen molar-refractivity contribution in [2.45, 2.75) is 18.9 Å². The van der Waals surface area contributed by atoms with E-state index in [0.29, 0.717) is 5.56 Å². The van der Waals surface area contributed by atoms with Gasteiger partial charge in [-0.2, -0.15) is 0 Å². The van der Waals surface area contributed by atoms with Crippen LogP contribution in [0.3, 0.4) is 0 Å². The average molecular weight is 284 g/mol. The Hall–Kier alpha value is -1.94. The lowest BCUT2D eigenvalue weighted by Gasteiger charge is -2.15. The third-order valence-corrected chi connectivity index (χ3v) is 2.46. The van der Waals surface area contributed by atoms with Crippen LogP contribution in [-0.2, 0) is 23.6 Å². The number of esters is 1. The van der Waals surface area contributed by atoms with Crippen molar-refractivity contribution in [2.24, 2.45) is 0 Å². The number of carbonyl (C=O) groups is 3. The number of carboxylic acids is 1. The predicted molar refractivity (Wildman–Crippen MR) is 67.9 cm³/mol. The van der Waals surface area contributed by atoms with Crippen LogP contribution in [-0.4, -0.2) is 23.0 Å². The minimum absolute atomic E-state index is 0.303. The van der Waals surface area contributed by atoms with E-state index < -0.39 is 24.0 Å². The van der Waals surface area contributed by atoms with E-state index in [2.05, 4.69) is 4.52 Å². The highest BCUT2D eigenvalue weighted by Gasteiger charge is 2.25. The number of rotatable bonds is 6. The summed E-state index contributed by atoms with van der Waals surface area (Å²) in [6.45, 7) is 0. The van der Waals surface area contributed by atoms with Gasteiger partial charge in [0.05, 0.1) is 22.3 Å². The number of aliphatic carboxylic acids is 1. The summed E-state index contributed by atoms with van der Waals surface area (Å²) >= 11 is 0. The molecule has 0 amide bonds. The molecule has 102 valence electrons. The van der Waals surface area contributed by atoms with Gasteiger partial charge in [0.2, 0.25) is 6.10 Å². The van der Waals surface area contributed by atoms with Crippen molar-refractivity contribution in [1.82, 2.24) is 0 Å². The van der Waals surface area contributed by atoms with Gasteiger partial charge in [0.25, 0.3) is 0 Å². The maximum atomic E-state index is 11.5. The molecule has 0 aromatic heterocycles. The molecule has 1 unspecified atom stereocenters. The zero-order valence-electron chi connectivity index (χ0n) is 9.94. The third-order valence-electron chi connectivity index (χ3n) is 2.22. The van der Waals surface area contributed by atoms with E-state index in [4.69, 9.17) is 9.84 Å². The van der Waals surface area contributed by atoms with Gasteiger partial charge in [-0.3, -0.25) is 9.59 Å². The van der Waals surface area contributed by atoms with Gasteiger partial charge in [0.1, 0.15) is 0 Å². The molecule has 6 nitrogen and oxygen atoms in total. The molecule has 0 aliphatic heterocycles. The molecule has 0 spiro atoms. The maximum absolute atomic E-state index is 11.5. The summed E-state index contributed by atoms with van der Waals surface area (Å²) < 4.78 is 9.43. The van der Waals surface area contributed by atoms with Crippen LogP contribution in [0.4, 0.5) is 0 Å². The molecular formula is C12H13O6P. The van der Waals surface area contributed by atoms with Crippen molar-refractivity contribution in [3.63, 3.8) is 0 Å². The molecule has 7 heteroatoms. The van der Waals surface area contributed by atoms with Crippen LogP contribution in [0.5, 0.6) is 0 Å². The Kier molecular flexibility index (Phi) is 5.96. The quantitative estimate of drug-likeness (QED) is 0.628. The molecule has 0 bridgehead atoms. The van der Waals surface area contributed by atoms with Crippen molar-refractivity contribution in [2.75, 3.05) is 0 Å². The standard InChI is InChI=1S/C12H13O6P/c13-9(14)6-7-10(15)17-11(12(16)18-19)8-4-2-1-3-5-8/h1-5,11H,6-7,19H2,(H,13,14)/t11-/m0/s1. The normalized spacial score (nSPS) is 11.4. The predicted octanol–water partition coefficient (Wildman–Crippen LogP) is 1.47. The molecule has 0 heterocycles. The lowest BCUT2D eigenvalue weighted by Crippen LogP contribution is -2.20. The van der Waals surface area contributed by atoms with E-state index in [1.807, 2.05) is 0 Å².